The highest BCUT2D eigenvalue weighted by atomic mass is 32.1. The van der Waals surface area contributed by atoms with Crippen LogP contribution in [0.2, 0.25) is 0 Å². The van der Waals surface area contributed by atoms with E-state index in [2.05, 4.69) is 36.3 Å². The maximum atomic E-state index is 9.28. The summed E-state index contributed by atoms with van der Waals surface area (Å²) in [5.41, 5.74) is 1.26. The van der Waals surface area contributed by atoms with Crippen molar-refractivity contribution >= 4 is 12.6 Å². The van der Waals surface area contributed by atoms with Gasteiger partial charge in [0.05, 0.1) is 0 Å². The van der Waals surface area contributed by atoms with E-state index in [1.807, 2.05) is 12.1 Å². The van der Waals surface area contributed by atoms with E-state index < -0.39 is 0 Å². The molecule has 0 bridgehead atoms. The average molecular weight is 280 g/mol. The van der Waals surface area contributed by atoms with E-state index in [-0.39, 0.29) is 4.75 Å². The van der Waals surface area contributed by atoms with Gasteiger partial charge in [-0.25, -0.2) is 0 Å². The first-order valence-corrected chi connectivity index (χ1v) is 7.32. The Hall–Kier alpha value is -0.710. The van der Waals surface area contributed by atoms with Crippen molar-refractivity contribution in [1.29, 1.82) is 0 Å². The molecule has 0 unspecified atom stereocenters. The molecule has 1 aliphatic heterocycles. The van der Waals surface area contributed by atoms with Crippen molar-refractivity contribution in [3.8, 4) is 5.75 Å². The number of phenols is 1. The third-order valence-corrected chi connectivity index (χ3v) is 3.56. The monoisotopic (exact) mass is 280 g/mol. The summed E-state index contributed by atoms with van der Waals surface area (Å²) < 4.78 is 0.0825. The van der Waals surface area contributed by atoms with Gasteiger partial charge in [0.25, 0.3) is 0 Å². The van der Waals surface area contributed by atoms with Crippen LogP contribution in [0.5, 0.6) is 5.75 Å². The molecule has 19 heavy (non-hydrogen) atoms. The van der Waals surface area contributed by atoms with Gasteiger partial charge in [0.1, 0.15) is 5.75 Å². The highest BCUT2D eigenvalue weighted by molar-refractivity contribution is 7.81. The Bertz CT molecular complexity index is 392. The van der Waals surface area contributed by atoms with Crippen molar-refractivity contribution in [2.75, 3.05) is 32.7 Å². The fraction of sp³-hybridized carbons (Fsp3) is 0.600. The second-order valence-electron chi connectivity index (χ2n) is 6.03. The Balaban J connectivity index is 1.79. The first kappa shape index (κ1) is 14.7. The second-order valence-corrected chi connectivity index (χ2v) is 7.24. The summed E-state index contributed by atoms with van der Waals surface area (Å²) in [4.78, 5) is 4.95. The molecule has 106 valence electrons. The molecule has 3 nitrogen and oxygen atoms in total. The molecule has 1 heterocycles. The van der Waals surface area contributed by atoms with E-state index in [0.717, 1.165) is 39.3 Å². The fourth-order valence-electron chi connectivity index (χ4n) is 2.51. The molecule has 4 heteroatoms. The predicted octanol–water partition coefficient (Wildman–Crippen LogP) is 2.22. The highest BCUT2D eigenvalue weighted by Crippen LogP contribution is 2.17. The van der Waals surface area contributed by atoms with Gasteiger partial charge in [0.15, 0.2) is 0 Å². The zero-order chi connectivity index (χ0) is 13.9. The van der Waals surface area contributed by atoms with Gasteiger partial charge in [-0.05, 0) is 31.5 Å². The summed E-state index contributed by atoms with van der Waals surface area (Å²) in [6.45, 7) is 10.8. The van der Waals surface area contributed by atoms with Crippen LogP contribution in [0.1, 0.15) is 19.4 Å². The zero-order valence-electron chi connectivity index (χ0n) is 11.8. The molecule has 0 amide bonds. The number of benzene rings is 1. The van der Waals surface area contributed by atoms with Crippen LogP contribution in [-0.4, -0.2) is 52.4 Å². The summed E-state index contributed by atoms with van der Waals surface area (Å²) in [6, 6.07) is 7.51. The molecule has 1 aliphatic rings. The third-order valence-electron chi connectivity index (χ3n) is 3.42. The molecule has 1 saturated heterocycles. The van der Waals surface area contributed by atoms with Crippen LogP contribution in [0, 0.1) is 0 Å². The van der Waals surface area contributed by atoms with Crippen molar-refractivity contribution in [2.24, 2.45) is 0 Å². The van der Waals surface area contributed by atoms with E-state index in [4.69, 9.17) is 0 Å². The van der Waals surface area contributed by atoms with Crippen molar-refractivity contribution in [2.45, 2.75) is 25.1 Å². The van der Waals surface area contributed by atoms with Gasteiger partial charge >= 0.3 is 0 Å². The predicted molar refractivity (Wildman–Crippen MR) is 82.9 cm³/mol. The number of thiol groups is 1. The maximum absolute atomic E-state index is 9.28. The Morgan fingerprint density at radius 1 is 1.05 bits per heavy atom. The molecule has 0 radical (unpaired) electrons. The fourth-order valence-corrected chi connectivity index (χ4v) is 2.71. The van der Waals surface area contributed by atoms with Gasteiger partial charge in [-0.15, -0.1) is 0 Å². The lowest BCUT2D eigenvalue weighted by Crippen LogP contribution is -2.49. The standard InChI is InChI=1S/C15H24N2OS/c1-15(2,19)12-17-9-7-16(8-10-17)11-13-3-5-14(18)6-4-13/h3-6,18-19H,7-12H2,1-2H3. The molecule has 1 N–H and O–H groups in total. The van der Waals surface area contributed by atoms with Gasteiger partial charge in [-0.2, -0.15) is 12.6 Å². The topological polar surface area (TPSA) is 26.7 Å². The van der Waals surface area contributed by atoms with Crippen LogP contribution in [0.15, 0.2) is 24.3 Å². The van der Waals surface area contributed by atoms with E-state index in [1.165, 1.54) is 5.56 Å². The van der Waals surface area contributed by atoms with Crippen LogP contribution in [0.3, 0.4) is 0 Å². The van der Waals surface area contributed by atoms with Crippen LogP contribution in [0.4, 0.5) is 0 Å². The van der Waals surface area contributed by atoms with Crippen molar-refractivity contribution in [3.63, 3.8) is 0 Å². The van der Waals surface area contributed by atoms with E-state index in [0.29, 0.717) is 5.75 Å². The lowest BCUT2D eigenvalue weighted by atomic mass is 10.1. The molecular weight excluding hydrogens is 256 g/mol. The smallest absolute Gasteiger partial charge is 0.115 e. The summed E-state index contributed by atoms with van der Waals surface area (Å²) in [6.07, 6.45) is 0. The first-order chi connectivity index (χ1) is 8.92. The molecule has 2 rings (SSSR count). The van der Waals surface area contributed by atoms with Gasteiger partial charge in [-0.3, -0.25) is 9.80 Å². The molecule has 1 aromatic carbocycles. The van der Waals surface area contributed by atoms with Crippen LogP contribution < -0.4 is 0 Å². The summed E-state index contributed by atoms with van der Waals surface area (Å²) in [5.74, 6) is 0.338. The number of hydrogen-bond acceptors (Lipinski definition) is 4. The van der Waals surface area contributed by atoms with E-state index in [9.17, 15) is 5.11 Å². The molecular formula is C15H24N2OS. The normalized spacial score (nSPS) is 18.7. The molecule has 1 aromatic rings. The average Bonchev–Trinajstić information content (AvgIpc) is 2.33. The molecule has 0 spiro atoms. The van der Waals surface area contributed by atoms with Gasteiger partial charge in [-0.1, -0.05) is 12.1 Å². The number of piperazine rings is 1. The first-order valence-electron chi connectivity index (χ1n) is 6.87. The molecule has 0 aliphatic carbocycles. The van der Waals surface area contributed by atoms with Gasteiger partial charge < -0.3 is 5.11 Å². The number of aromatic hydroxyl groups is 1. The quantitative estimate of drug-likeness (QED) is 0.828. The Morgan fingerprint density at radius 2 is 1.58 bits per heavy atom. The zero-order valence-corrected chi connectivity index (χ0v) is 12.7. The minimum Gasteiger partial charge on any atom is -0.508 e. The largest absolute Gasteiger partial charge is 0.508 e. The Morgan fingerprint density at radius 3 is 2.11 bits per heavy atom. The van der Waals surface area contributed by atoms with Crippen molar-refractivity contribution in [3.05, 3.63) is 29.8 Å². The minimum atomic E-state index is 0.0825. The van der Waals surface area contributed by atoms with Gasteiger partial charge in [0.2, 0.25) is 0 Å². The lowest BCUT2D eigenvalue weighted by Gasteiger charge is -2.37. The Labute approximate surface area is 121 Å². The molecule has 0 atom stereocenters. The van der Waals surface area contributed by atoms with Crippen LogP contribution in [-0.2, 0) is 6.54 Å². The van der Waals surface area contributed by atoms with Crippen molar-refractivity contribution in [1.82, 2.24) is 9.80 Å². The van der Waals surface area contributed by atoms with Crippen LogP contribution >= 0.6 is 12.6 Å². The minimum absolute atomic E-state index is 0.0825. The third kappa shape index (κ3) is 5.05. The number of nitrogens with zero attached hydrogens (tertiary/aromatic N) is 2. The van der Waals surface area contributed by atoms with E-state index in [1.54, 1.807) is 12.1 Å². The SMILES string of the molecule is CC(C)(S)CN1CCN(Cc2ccc(O)cc2)CC1. The summed E-state index contributed by atoms with van der Waals surface area (Å²) in [7, 11) is 0. The number of hydrogen-bond donors (Lipinski definition) is 2. The highest BCUT2D eigenvalue weighted by Gasteiger charge is 2.21. The number of phenolic OH excluding ortho intramolecular Hbond substituents is 1. The Kier molecular flexibility index (Phi) is 4.76. The van der Waals surface area contributed by atoms with Gasteiger partial charge in [0, 0.05) is 44.0 Å². The molecule has 1 fully saturated rings. The lowest BCUT2D eigenvalue weighted by molar-refractivity contribution is 0.121. The maximum Gasteiger partial charge on any atom is 0.115 e. The summed E-state index contributed by atoms with van der Waals surface area (Å²) in [5, 5.41) is 9.28. The van der Waals surface area contributed by atoms with Crippen LogP contribution in [0.25, 0.3) is 0 Å². The molecule has 0 saturated carbocycles. The van der Waals surface area contributed by atoms with E-state index >= 15 is 0 Å². The summed E-state index contributed by atoms with van der Waals surface area (Å²) >= 11 is 4.60. The molecule has 0 aromatic heterocycles. The second kappa shape index (κ2) is 6.16. The number of rotatable bonds is 4. The van der Waals surface area contributed by atoms with Crippen molar-refractivity contribution < 1.29 is 5.11 Å².